The maximum absolute atomic E-state index is 11.5. The summed E-state index contributed by atoms with van der Waals surface area (Å²) in [4.78, 5) is 16.0. The number of hydrogen-bond donors (Lipinski definition) is 3. The number of carboxylic acids is 1. The quantitative estimate of drug-likeness (QED) is 0.672. The van der Waals surface area contributed by atoms with Gasteiger partial charge in [-0.15, -0.1) is 11.3 Å². The molecule has 3 aromatic rings. The highest BCUT2D eigenvalue weighted by Crippen LogP contribution is 2.38. The van der Waals surface area contributed by atoms with E-state index in [2.05, 4.69) is 10.3 Å². The lowest BCUT2D eigenvalue weighted by molar-refractivity contribution is -0.139. The van der Waals surface area contributed by atoms with Crippen molar-refractivity contribution in [1.29, 1.82) is 0 Å². The number of halogens is 1. The molecule has 0 amide bonds. The molecule has 0 unspecified atom stereocenters. The van der Waals surface area contributed by atoms with Gasteiger partial charge in [0.15, 0.2) is 0 Å². The fourth-order valence-corrected chi connectivity index (χ4v) is 4.23. The molecule has 3 N–H and O–H groups in total. The largest absolute Gasteiger partial charge is 0.480 e. The molecule has 2 aromatic heterocycles. The zero-order valence-corrected chi connectivity index (χ0v) is 13.0. The van der Waals surface area contributed by atoms with Crippen LogP contribution in [0.5, 0.6) is 0 Å². The van der Waals surface area contributed by atoms with Crippen molar-refractivity contribution in [3.63, 3.8) is 0 Å². The molecule has 4 nitrogen and oxygen atoms in total. The van der Waals surface area contributed by atoms with E-state index in [-0.39, 0.29) is 6.04 Å². The number of fused-ring (bicyclic) bond motifs is 3. The number of aromatic nitrogens is 1. The van der Waals surface area contributed by atoms with E-state index < -0.39 is 12.0 Å². The molecule has 0 spiro atoms. The first-order valence-electron chi connectivity index (χ1n) is 6.97. The zero-order valence-electron chi connectivity index (χ0n) is 11.5. The van der Waals surface area contributed by atoms with Crippen LogP contribution >= 0.6 is 22.9 Å². The van der Waals surface area contributed by atoms with Crippen molar-refractivity contribution in [2.24, 2.45) is 0 Å². The van der Waals surface area contributed by atoms with Gasteiger partial charge in [0.2, 0.25) is 0 Å². The molecule has 4 rings (SSSR count). The fourth-order valence-electron chi connectivity index (χ4n) is 3.10. The maximum atomic E-state index is 11.5. The van der Waals surface area contributed by atoms with E-state index >= 15 is 0 Å². The van der Waals surface area contributed by atoms with Crippen LogP contribution < -0.4 is 5.32 Å². The molecular formula is C16H13ClN2O2S. The molecule has 0 aliphatic carbocycles. The standard InChI is InChI=1S/C16H13ClN2O2S/c17-13-6-5-12(22-13)15-14-9(7-11(19-15)16(20)21)8-3-1-2-4-10(8)18-14/h1-6,11,15,18-19H,7H2,(H,20,21)/t11-,15+/m0/s1. The Morgan fingerprint density at radius 2 is 2.09 bits per heavy atom. The molecule has 3 heterocycles. The van der Waals surface area contributed by atoms with E-state index in [1.807, 2.05) is 36.4 Å². The molecule has 0 radical (unpaired) electrons. The zero-order chi connectivity index (χ0) is 15.3. The van der Waals surface area contributed by atoms with Crippen LogP contribution in [0.2, 0.25) is 4.34 Å². The molecule has 0 saturated heterocycles. The van der Waals surface area contributed by atoms with Crippen LogP contribution in [0.1, 0.15) is 22.2 Å². The Morgan fingerprint density at radius 3 is 2.82 bits per heavy atom. The fraction of sp³-hybridized carbons (Fsp3) is 0.188. The minimum atomic E-state index is -0.830. The van der Waals surface area contributed by atoms with Crippen molar-refractivity contribution in [3.8, 4) is 0 Å². The van der Waals surface area contributed by atoms with Crippen LogP contribution in [0.15, 0.2) is 36.4 Å². The Bertz CT molecular complexity index is 870. The number of thiophene rings is 1. The first kappa shape index (κ1) is 13.8. The highest BCUT2D eigenvalue weighted by Gasteiger charge is 2.34. The monoisotopic (exact) mass is 332 g/mol. The molecule has 2 atom stereocenters. The van der Waals surface area contributed by atoms with E-state index in [9.17, 15) is 9.90 Å². The summed E-state index contributed by atoms with van der Waals surface area (Å²) in [5, 5.41) is 13.8. The second-order valence-corrected chi connectivity index (χ2v) is 7.15. The van der Waals surface area contributed by atoms with Gasteiger partial charge in [0.1, 0.15) is 6.04 Å². The number of rotatable bonds is 2. The van der Waals surface area contributed by atoms with Crippen molar-refractivity contribution in [2.45, 2.75) is 18.5 Å². The predicted molar refractivity (Wildman–Crippen MR) is 87.7 cm³/mol. The Labute approximate surface area is 135 Å². The lowest BCUT2D eigenvalue weighted by atomic mass is 9.93. The summed E-state index contributed by atoms with van der Waals surface area (Å²) in [6.45, 7) is 0. The summed E-state index contributed by atoms with van der Waals surface area (Å²) >= 11 is 7.52. The van der Waals surface area contributed by atoms with Crippen LogP contribution in [0.3, 0.4) is 0 Å². The second-order valence-electron chi connectivity index (χ2n) is 5.40. The van der Waals surface area contributed by atoms with Gasteiger partial charge in [-0.1, -0.05) is 29.8 Å². The van der Waals surface area contributed by atoms with Crippen molar-refractivity contribution in [2.75, 3.05) is 0 Å². The highest BCUT2D eigenvalue weighted by molar-refractivity contribution is 7.16. The van der Waals surface area contributed by atoms with Gasteiger partial charge >= 0.3 is 5.97 Å². The van der Waals surface area contributed by atoms with Gasteiger partial charge in [0, 0.05) is 27.9 Å². The molecule has 1 aliphatic heterocycles. The molecule has 0 fully saturated rings. The Balaban J connectivity index is 1.91. The first-order valence-corrected chi connectivity index (χ1v) is 8.16. The van der Waals surface area contributed by atoms with Crippen LogP contribution in [0.4, 0.5) is 0 Å². The SMILES string of the molecule is O=C(O)[C@@H]1Cc2c([nH]c3ccccc23)[C@@H](c2ccc(Cl)s2)N1. The molecule has 1 aliphatic rings. The number of H-pyrrole nitrogens is 1. The van der Waals surface area contributed by atoms with E-state index in [0.29, 0.717) is 10.8 Å². The minimum absolute atomic E-state index is 0.172. The van der Waals surface area contributed by atoms with Crippen molar-refractivity contribution >= 4 is 39.8 Å². The lowest BCUT2D eigenvalue weighted by Crippen LogP contribution is -2.44. The normalized spacial score (nSPS) is 21.0. The van der Waals surface area contributed by atoms with Gasteiger partial charge in [-0.3, -0.25) is 10.1 Å². The van der Waals surface area contributed by atoms with Gasteiger partial charge in [-0.05, 0) is 23.8 Å². The molecule has 0 saturated carbocycles. The van der Waals surface area contributed by atoms with Gasteiger partial charge in [0.25, 0.3) is 0 Å². The Morgan fingerprint density at radius 1 is 1.27 bits per heavy atom. The number of carboxylic acid groups (broad SMARTS) is 1. The van der Waals surface area contributed by atoms with E-state index in [1.165, 1.54) is 11.3 Å². The second kappa shape index (κ2) is 5.12. The van der Waals surface area contributed by atoms with Crippen LogP contribution in [0.25, 0.3) is 10.9 Å². The van der Waals surface area contributed by atoms with E-state index in [4.69, 9.17) is 11.6 Å². The van der Waals surface area contributed by atoms with E-state index in [1.54, 1.807) is 0 Å². The van der Waals surface area contributed by atoms with Crippen LogP contribution in [-0.4, -0.2) is 22.1 Å². The molecule has 1 aromatic carbocycles. The molecular weight excluding hydrogens is 320 g/mol. The molecule has 112 valence electrons. The first-order chi connectivity index (χ1) is 10.6. The van der Waals surface area contributed by atoms with Gasteiger partial charge in [-0.25, -0.2) is 0 Å². The van der Waals surface area contributed by atoms with Gasteiger partial charge < -0.3 is 10.1 Å². The Hall–Kier alpha value is -1.82. The summed E-state index contributed by atoms with van der Waals surface area (Å²) in [5.41, 5.74) is 3.15. The summed E-state index contributed by atoms with van der Waals surface area (Å²) in [5.74, 6) is -0.830. The Kier molecular flexibility index (Phi) is 3.22. The number of aliphatic carboxylic acids is 1. The third-order valence-electron chi connectivity index (χ3n) is 4.09. The van der Waals surface area contributed by atoms with Crippen molar-refractivity contribution in [3.05, 3.63) is 56.9 Å². The topological polar surface area (TPSA) is 65.1 Å². The van der Waals surface area contributed by atoms with Crippen molar-refractivity contribution < 1.29 is 9.90 Å². The number of carbonyl (C=O) groups is 1. The summed E-state index contributed by atoms with van der Waals surface area (Å²) < 4.78 is 0.701. The molecule has 22 heavy (non-hydrogen) atoms. The molecule has 0 bridgehead atoms. The summed E-state index contributed by atoms with van der Waals surface area (Å²) in [6.07, 6.45) is 0.476. The number of hydrogen-bond acceptors (Lipinski definition) is 3. The predicted octanol–water partition coefficient (Wildman–Crippen LogP) is 3.57. The number of nitrogens with one attached hydrogen (secondary N) is 2. The third kappa shape index (κ3) is 2.13. The van der Waals surface area contributed by atoms with Crippen LogP contribution in [0, 0.1) is 0 Å². The number of aromatic amines is 1. The summed E-state index contributed by atoms with van der Waals surface area (Å²) in [7, 11) is 0. The van der Waals surface area contributed by atoms with Gasteiger partial charge in [0.05, 0.1) is 10.4 Å². The smallest absolute Gasteiger partial charge is 0.321 e. The number of benzene rings is 1. The van der Waals surface area contributed by atoms with E-state index in [0.717, 1.165) is 27.0 Å². The average molecular weight is 333 g/mol. The highest BCUT2D eigenvalue weighted by atomic mass is 35.5. The minimum Gasteiger partial charge on any atom is -0.480 e. The number of para-hydroxylation sites is 1. The van der Waals surface area contributed by atoms with Crippen LogP contribution in [-0.2, 0) is 11.2 Å². The maximum Gasteiger partial charge on any atom is 0.321 e. The van der Waals surface area contributed by atoms with Crippen molar-refractivity contribution in [1.82, 2.24) is 10.3 Å². The molecule has 6 heteroatoms. The third-order valence-corrected chi connectivity index (χ3v) is 5.38. The van der Waals surface area contributed by atoms with Gasteiger partial charge in [-0.2, -0.15) is 0 Å². The lowest BCUT2D eigenvalue weighted by Gasteiger charge is -2.28. The average Bonchev–Trinajstić information content (AvgIpc) is 3.09. The summed E-state index contributed by atoms with van der Waals surface area (Å²) in [6, 6.07) is 11.0.